The van der Waals surface area contributed by atoms with Gasteiger partial charge in [-0.2, -0.15) is 0 Å². The highest BCUT2D eigenvalue weighted by molar-refractivity contribution is 6.32. The molecule has 1 aromatic heterocycles. The van der Waals surface area contributed by atoms with E-state index in [1.54, 1.807) is 23.2 Å². The first-order valence-electron chi connectivity index (χ1n) is 6.73. The van der Waals surface area contributed by atoms with E-state index in [4.69, 9.17) is 11.6 Å². The molecule has 1 aliphatic rings. The number of halogens is 1. The summed E-state index contributed by atoms with van der Waals surface area (Å²) in [5, 5.41) is 0.276. The van der Waals surface area contributed by atoms with Gasteiger partial charge in [0.2, 0.25) is 0 Å². The Morgan fingerprint density at radius 3 is 3.11 bits per heavy atom. The quantitative estimate of drug-likeness (QED) is 0.795. The molecule has 0 saturated carbocycles. The fraction of sp³-hybridized carbons (Fsp3) is 0.571. The molecule has 0 aliphatic carbocycles. The van der Waals surface area contributed by atoms with Crippen LogP contribution in [0.2, 0.25) is 5.15 Å². The summed E-state index contributed by atoms with van der Waals surface area (Å²) in [4.78, 5) is 20.5. The number of likely N-dealkylation sites (tertiary alicyclic amines) is 1. The smallest absolute Gasteiger partial charge is 0.256 e. The van der Waals surface area contributed by atoms with E-state index in [-0.39, 0.29) is 11.1 Å². The molecule has 1 aliphatic heterocycles. The maximum Gasteiger partial charge on any atom is 0.256 e. The van der Waals surface area contributed by atoms with Gasteiger partial charge in [-0.15, -0.1) is 0 Å². The van der Waals surface area contributed by atoms with Gasteiger partial charge >= 0.3 is 0 Å². The SMILES string of the molecule is CCN1CCCC1CN(C)C(=O)c1cccnc1Cl. The van der Waals surface area contributed by atoms with Crippen molar-refractivity contribution in [3.8, 4) is 0 Å². The van der Waals surface area contributed by atoms with E-state index in [1.165, 1.54) is 6.42 Å². The van der Waals surface area contributed by atoms with Gasteiger partial charge < -0.3 is 4.90 Å². The standard InChI is InChI=1S/C14H20ClN3O/c1-3-18-9-5-6-11(18)10-17(2)14(19)12-7-4-8-16-13(12)15/h4,7-8,11H,3,5-6,9-10H2,1-2H3. The Labute approximate surface area is 119 Å². The molecule has 1 unspecified atom stereocenters. The Hall–Kier alpha value is -1.13. The fourth-order valence-electron chi connectivity index (χ4n) is 2.67. The normalized spacial score (nSPS) is 19.6. The molecule has 19 heavy (non-hydrogen) atoms. The lowest BCUT2D eigenvalue weighted by Crippen LogP contribution is -2.41. The lowest BCUT2D eigenvalue weighted by Gasteiger charge is -2.27. The van der Waals surface area contributed by atoms with Crippen LogP contribution in [0.25, 0.3) is 0 Å². The number of aromatic nitrogens is 1. The molecule has 0 bridgehead atoms. The van der Waals surface area contributed by atoms with Crippen molar-refractivity contribution in [1.29, 1.82) is 0 Å². The van der Waals surface area contributed by atoms with Gasteiger partial charge in [0.15, 0.2) is 0 Å². The number of hydrogen-bond acceptors (Lipinski definition) is 3. The Morgan fingerprint density at radius 2 is 2.42 bits per heavy atom. The average Bonchev–Trinajstić information content (AvgIpc) is 2.85. The van der Waals surface area contributed by atoms with Crippen LogP contribution in [-0.4, -0.2) is 53.4 Å². The molecule has 104 valence electrons. The summed E-state index contributed by atoms with van der Waals surface area (Å²) in [5.41, 5.74) is 0.479. The number of carbonyl (C=O) groups excluding carboxylic acids is 1. The van der Waals surface area contributed by atoms with Crippen molar-refractivity contribution in [3.63, 3.8) is 0 Å². The van der Waals surface area contributed by atoms with E-state index in [0.29, 0.717) is 11.6 Å². The molecule has 0 radical (unpaired) electrons. The van der Waals surface area contributed by atoms with Crippen LogP contribution >= 0.6 is 11.6 Å². The molecule has 2 rings (SSSR count). The van der Waals surface area contributed by atoms with Gasteiger partial charge in [0.05, 0.1) is 5.56 Å². The lowest BCUT2D eigenvalue weighted by molar-refractivity contribution is 0.0754. The fourth-order valence-corrected chi connectivity index (χ4v) is 2.87. The Balaban J connectivity index is 2.02. The summed E-state index contributed by atoms with van der Waals surface area (Å²) in [6.07, 6.45) is 3.97. The molecule has 2 heterocycles. The highest BCUT2D eigenvalue weighted by Crippen LogP contribution is 2.19. The molecular formula is C14H20ClN3O. The second kappa shape index (κ2) is 6.35. The number of carbonyl (C=O) groups is 1. The van der Waals surface area contributed by atoms with Crippen molar-refractivity contribution in [3.05, 3.63) is 29.0 Å². The van der Waals surface area contributed by atoms with E-state index in [1.807, 2.05) is 7.05 Å². The van der Waals surface area contributed by atoms with Crippen molar-refractivity contribution in [2.24, 2.45) is 0 Å². The van der Waals surface area contributed by atoms with E-state index in [2.05, 4.69) is 16.8 Å². The van der Waals surface area contributed by atoms with E-state index in [0.717, 1.165) is 26.1 Å². The van der Waals surface area contributed by atoms with E-state index >= 15 is 0 Å². The van der Waals surface area contributed by atoms with Crippen LogP contribution in [-0.2, 0) is 0 Å². The first-order valence-corrected chi connectivity index (χ1v) is 7.11. The molecule has 5 heteroatoms. The minimum absolute atomic E-state index is 0.0546. The van der Waals surface area contributed by atoms with Gasteiger partial charge in [-0.1, -0.05) is 18.5 Å². The number of pyridine rings is 1. The van der Waals surface area contributed by atoms with Crippen molar-refractivity contribution in [1.82, 2.24) is 14.8 Å². The Kier molecular flexibility index (Phi) is 4.77. The third-order valence-electron chi connectivity index (χ3n) is 3.73. The minimum atomic E-state index is -0.0546. The molecule has 4 nitrogen and oxygen atoms in total. The predicted octanol–water partition coefficient (Wildman–Crippen LogP) is 2.29. The number of hydrogen-bond donors (Lipinski definition) is 0. The number of rotatable bonds is 4. The van der Waals surface area contributed by atoms with Crippen LogP contribution in [0.4, 0.5) is 0 Å². The zero-order valence-corrected chi connectivity index (χ0v) is 12.2. The average molecular weight is 282 g/mol. The summed E-state index contributed by atoms with van der Waals surface area (Å²) in [5.74, 6) is -0.0546. The first-order chi connectivity index (χ1) is 9.13. The Bertz CT molecular complexity index is 452. The second-order valence-corrected chi connectivity index (χ2v) is 5.31. The van der Waals surface area contributed by atoms with Gasteiger partial charge in [0.25, 0.3) is 5.91 Å². The van der Waals surface area contributed by atoms with Crippen molar-refractivity contribution >= 4 is 17.5 Å². The summed E-state index contributed by atoms with van der Waals surface area (Å²) < 4.78 is 0. The van der Waals surface area contributed by atoms with Crippen molar-refractivity contribution in [2.45, 2.75) is 25.8 Å². The predicted molar refractivity (Wildman–Crippen MR) is 76.5 cm³/mol. The monoisotopic (exact) mass is 281 g/mol. The largest absolute Gasteiger partial charge is 0.340 e. The second-order valence-electron chi connectivity index (χ2n) is 4.95. The zero-order chi connectivity index (χ0) is 13.8. The van der Waals surface area contributed by atoms with Crippen molar-refractivity contribution < 1.29 is 4.79 Å². The van der Waals surface area contributed by atoms with E-state index in [9.17, 15) is 4.79 Å². The summed E-state index contributed by atoms with van der Waals surface area (Å²) in [6.45, 7) is 5.09. The van der Waals surface area contributed by atoms with Crippen LogP contribution in [0.1, 0.15) is 30.1 Å². The third-order valence-corrected chi connectivity index (χ3v) is 4.03. The number of amides is 1. The van der Waals surface area contributed by atoms with Crippen LogP contribution < -0.4 is 0 Å². The molecule has 1 fully saturated rings. The lowest BCUT2D eigenvalue weighted by atomic mass is 10.2. The maximum absolute atomic E-state index is 12.3. The molecule has 1 atom stereocenters. The van der Waals surface area contributed by atoms with Gasteiger partial charge in [-0.05, 0) is 38.1 Å². The third kappa shape index (κ3) is 3.25. The minimum Gasteiger partial charge on any atom is -0.340 e. The van der Waals surface area contributed by atoms with Crippen LogP contribution in [0.5, 0.6) is 0 Å². The molecule has 0 aromatic carbocycles. The maximum atomic E-state index is 12.3. The van der Waals surface area contributed by atoms with Crippen LogP contribution in [0, 0.1) is 0 Å². The van der Waals surface area contributed by atoms with E-state index < -0.39 is 0 Å². The Morgan fingerprint density at radius 1 is 1.63 bits per heavy atom. The summed E-state index contributed by atoms with van der Waals surface area (Å²) in [7, 11) is 1.83. The number of nitrogens with zero attached hydrogens (tertiary/aromatic N) is 3. The molecule has 0 N–H and O–H groups in total. The first kappa shape index (κ1) is 14.3. The zero-order valence-electron chi connectivity index (χ0n) is 11.5. The molecule has 1 aromatic rings. The summed E-state index contributed by atoms with van der Waals surface area (Å²) >= 11 is 5.97. The number of likely N-dealkylation sites (N-methyl/N-ethyl adjacent to an activating group) is 2. The molecule has 1 saturated heterocycles. The highest BCUT2D eigenvalue weighted by Gasteiger charge is 2.26. The summed E-state index contributed by atoms with van der Waals surface area (Å²) in [6, 6.07) is 3.93. The van der Waals surface area contributed by atoms with Crippen molar-refractivity contribution in [2.75, 3.05) is 26.7 Å². The highest BCUT2D eigenvalue weighted by atomic mass is 35.5. The molecular weight excluding hydrogens is 262 g/mol. The van der Waals surface area contributed by atoms with Gasteiger partial charge in [-0.25, -0.2) is 4.98 Å². The van der Waals surface area contributed by atoms with Gasteiger partial charge in [-0.3, -0.25) is 9.69 Å². The molecule has 0 spiro atoms. The molecule has 1 amide bonds. The van der Waals surface area contributed by atoms with Gasteiger partial charge in [0.1, 0.15) is 5.15 Å². The topological polar surface area (TPSA) is 36.4 Å². The van der Waals surface area contributed by atoms with Crippen LogP contribution in [0.3, 0.4) is 0 Å². The van der Waals surface area contributed by atoms with Crippen LogP contribution in [0.15, 0.2) is 18.3 Å². The van der Waals surface area contributed by atoms with Gasteiger partial charge in [0, 0.05) is 25.8 Å².